The summed E-state index contributed by atoms with van der Waals surface area (Å²) >= 11 is 0. The molecule has 0 aliphatic carbocycles. The zero-order chi connectivity index (χ0) is 17.7. The van der Waals surface area contributed by atoms with Gasteiger partial charge < -0.3 is 19.1 Å². The van der Waals surface area contributed by atoms with Gasteiger partial charge in [-0.05, 0) is 12.1 Å². The van der Waals surface area contributed by atoms with Gasteiger partial charge in [0.15, 0.2) is 0 Å². The lowest BCUT2D eigenvalue weighted by atomic mass is 10.2. The number of carbonyl (C=O) groups excluding carboxylic acids is 2. The van der Waals surface area contributed by atoms with Gasteiger partial charge in [-0.25, -0.2) is 4.79 Å². The SMILES string of the molecule is COC(=O)N1C[C@@H](NC(=O)c2ccccc2)C[C@H]1P(=O)(OC)OC. The van der Waals surface area contributed by atoms with Gasteiger partial charge in [-0.3, -0.25) is 14.3 Å². The summed E-state index contributed by atoms with van der Waals surface area (Å²) in [7, 11) is 0.224. The molecule has 132 valence electrons. The number of hydrogen-bond donors (Lipinski definition) is 1. The van der Waals surface area contributed by atoms with E-state index in [1.165, 1.54) is 26.2 Å². The number of carbonyl (C=O) groups is 2. The van der Waals surface area contributed by atoms with Crippen LogP contribution in [0.15, 0.2) is 30.3 Å². The van der Waals surface area contributed by atoms with Gasteiger partial charge in [0.2, 0.25) is 0 Å². The normalized spacial score (nSPS) is 20.7. The molecule has 1 N–H and O–H groups in total. The third-order valence-corrected chi connectivity index (χ3v) is 6.16. The van der Waals surface area contributed by atoms with Gasteiger partial charge in [-0.1, -0.05) is 18.2 Å². The number of benzene rings is 1. The lowest BCUT2D eigenvalue weighted by molar-refractivity contribution is 0.0933. The van der Waals surface area contributed by atoms with Gasteiger partial charge >= 0.3 is 13.7 Å². The van der Waals surface area contributed by atoms with E-state index in [9.17, 15) is 14.2 Å². The van der Waals surface area contributed by atoms with Crippen LogP contribution in [0.2, 0.25) is 0 Å². The molecule has 1 aliphatic rings. The molecule has 0 radical (unpaired) electrons. The number of ether oxygens (including phenoxy) is 1. The van der Waals surface area contributed by atoms with Gasteiger partial charge in [0.1, 0.15) is 5.78 Å². The molecule has 24 heavy (non-hydrogen) atoms. The Morgan fingerprint density at radius 1 is 1.17 bits per heavy atom. The third-order valence-electron chi connectivity index (χ3n) is 3.93. The number of likely N-dealkylation sites (tertiary alicyclic amines) is 1. The van der Waals surface area contributed by atoms with Crippen molar-refractivity contribution >= 4 is 19.6 Å². The van der Waals surface area contributed by atoms with Crippen LogP contribution in [-0.4, -0.2) is 56.6 Å². The monoisotopic (exact) mass is 356 g/mol. The molecule has 2 amide bonds. The Morgan fingerprint density at radius 2 is 1.79 bits per heavy atom. The van der Waals surface area contributed by atoms with Crippen molar-refractivity contribution in [1.82, 2.24) is 10.2 Å². The van der Waals surface area contributed by atoms with Crippen LogP contribution in [0.4, 0.5) is 4.79 Å². The molecule has 0 unspecified atom stereocenters. The van der Waals surface area contributed by atoms with E-state index in [-0.39, 0.29) is 24.9 Å². The maximum absolute atomic E-state index is 12.7. The van der Waals surface area contributed by atoms with Crippen molar-refractivity contribution in [1.29, 1.82) is 0 Å². The van der Waals surface area contributed by atoms with Crippen LogP contribution >= 0.6 is 7.60 Å². The van der Waals surface area contributed by atoms with Crippen LogP contribution < -0.4 is 5.32 Å². The molecule has 1 saturated heterocycles. The Bertz CT molecular complexity index is 630. The van der Waals surface area contributed by atoms with Crippen LogP contribution in [0.5, 0.6) is 0 Å². The molecule has 1 fully saturated rings. The minimum absolute atomic E-state index is 0.159. The minimum atomic E-state index is -3.53. The first kappa shape index (κ1) is 18.4. The molecule has 1 aromatic carbocycles. The standard InChI is InChI=1S/C15H21N2O6P/c1-21-15(19)17-10-12(9-13(17)24(20,22-2)23-3)16-14(18)11-7-5-4-6-8-11/h4-8,12-13H,9-10H2,1-3H3,(H,16,18)/t12-,13+/m0/s1. The Labute approximate surface area is 140 Å². The number of hydrogen-bond acceptors (Lipinski definition) is 6. The van der Waals surface area contributed by atoms with Crippen molar-refractivity contribution in [2.24, 2.45) is 0 Å². The summed E-state index contributed by atoms with van der Waals surface area (Å²) in [6.07, 6.45) is -0.405. The van der Waals surface area contributed by atoms with Gasteiger partial charge in [0, 0.05) is 38.8 Å². The fourth-order valence-corrected chi connectivity index (χ4v) is 4.39. The summed E-state index contributed by atoms with van der Waals surface area (Å²) in [4.78, 5) is 25.5. The second-order valence-electron chi connectivity index (χ2n) is 5.28. The van der Waals surface area contributed by atoms with E-state index in [1.54, 1.807) is 24.3 Å². The Hall–Kier alpha value is -1.89. The summed E-state index contributed by atoms with van der Waals surface area (Å²) in [6.45, 7) is 0.159. The van der Waals surface area contributed by atoms with Crippen LogP contribution in [-0.2, 0) is 18.3 Å². The van der Waals surface area contributed by atoms with E-state index in [4.69, 9.17) is 13.8 Å². The third kappa shape index (κ3) is 3.77. The Kier molecular flexibility index (Phi) is 5.99. The molecule has 8 nitrogen and oxygen atoms in total. The lowest BCUT2D eigenvalue weighted by Crippen LogP contribution is -2.39. The first-order valence-electron chi connectivity index (χ1n) is 7.37. The fraction of sp³-hybridized carbons (Fsp3) is 0.467. The molecule has 0 bridgehead atoms. The van der Waals surface area contributed by atoms with Crippen molar-refractivity contribution in [2.45, 2.75) is 18.2 Å². The highest BCUT2D eigenvalue weighted by atomic mass is 31.2. The maximum atomic E-state index is 12.7. The van der Waals surface area contributed by atoms with Crippen LogP contribution in [0.1, 0.15) is 16.8 Å². The highest BCUT2D eigenvalue weighted by molar-refractivity contribution is 7.54. The smallest absolute Gasteiger partial charge is 0.410 e. The number of nitrogens with one attached hydrogen (secondary N) is 1. The van der Waals surface area contributed by atoms with Crippen molar-refractivity contribution in [3.8, 4) is 0 Å². The van der Waals surface area contributed by atoms with Crippen molar-refractivity contribution < 1.29 is 27.9 Å². The molecule has 1 heterocycles. The second-order valence-corrected chi connectivity index (χ2v) is 7.69. The van der Waals surface area contributed by atoms with Gasteiger partial charge in [0.25, 0.3) is 5.91 Å². The minimum Gasteiger partial charge on any atom is -0.453 e. The molecular formula is C15H21N2O6P. The number of nitrogens with zero attached hydrogens (tertiary/aromatic N) is 1. The predicted octanol–water partition coefficient (Wildman–Crippen LogP) is 2.07. The first-order valence-corrected chi connectivity index (χ1v) is 8.98. The van der Waals surface area contributed by atoms with Crippen molar-refractivity contribution in [3.05, 3.63) is 35.9 Å². The predicted molar refractivity (Wildman–Crippen MR) is 86.8 cm³/mol. The largest absolute Gasteiger partial charge is 0.453 e. The van der Waals surface area contributed by atoms with E-state index in [2.05, 4.69) is 5.32 Å². The van der Waals surface area contributed by atoms with Crippen LogP contribution in [0.3, 0.4) is 0 Å². The van der Waals surface area contributed by atoms with E-state index in [0.717, 1.165) is 0 Å². The van der Waals surface area contributed by atoms with Gasteiger partial charge in [-0.15, -0.1) is 0 Å². The van der Waals surface area contributed by atoms with Crippen LogP contribution in [0.25, 0.3) is 0 Å². The van der Waals surface area contributed by atoms with Crippen molar-refractivity contribution in [3.63, 3.8) is 0 Å². The second kappa shape index (κ2) is 7.79. The quantitative estimate of drug-likeness (QED) is 0.812. The molecule has 0 saturated carbocycles. The highest BCUT2D eigenvalue weighted by Crippen LogP contribution is 2.56. The first-order chi connectivity index (χ1) is 11.4. The van der Waals surface area contributed by atoms with Gasteiger partial charge in [-0.2, -0.15) is 0 Å². The lowest BCUT2D eigenvalue weighted by Gasteiger charge is -2.27. The van der Waals surface area contributed by atoms with E-state index in [0.29, 0.717) is 5.56 Å². The Morgan fingerprint density at radius 3 is 2.33 bits per heavy atom. The molecule has 1 aromatic rings. The molecule has 2 rings (SSSR count). The zero-order valence-electron chi connectivity index (χ0n) is 13.8. The number of rotatable bonds is 5. The summed E-state index contributed by atoms with van der Waals surface area (Å²) in [6, 6.07) is 8.33. The van der Waals surface area contributed by atoms with Gasteiger partial charge in [0.05, 0.1) is 7.11 Å². The average molecular weight is 356 g/mol. The van der Waals surface area contributed by atoms with Crippen LogP contribution in [0, 0.1) is 0 Å². The molecule has 0 aromatic heterocycles. The number of methoxy groups -OCH3 is 1. The molecule has 2 atom stereocenters. The maximum Gasteiger partial charge on any atom is 0.410 e. The topological polar surface area (TPSA) is 94.2 Å². The number of amides is 2. The summed E-state index contributed by atoms with van der Waals surface area (Å²) in [5.41, 5.74) is 0.507. The average Bonchev–Trinajstić information content (AvgIpc) is 3.05. The van der Waals surface area contributed by atoms with E-state index < -0.39 is 19.5 Å². The summed E-state index contributed by atoms with van der Waals surface area (Å²) in [5.74, 6) is -1.09. The molecule has 1 aliphatic heterocycles. The fourth-order valence-electron chi connectivity index (χ4n) is 2.71. The summed E-state index contributed by atoms with van der Waals surface area (Å²) in [5, 5.41) is 2.83. The molecule has 0 spiro atoms. The molecule has 9 heteroatoms. The Balaban J connectivity index is 2.15. The molecular weight excluding hydrogens is 335 g/mol. The summed E-state index contributed by atoms with van der Waals surface area (Å²) < 4.78 is 27.4. The highest BCUT2D eigenvalue weighted by Gasteiger charge is 2.48. The zero-order valence-corrected chi connectivity index (χ0v) is 14.7. The van der Waals surface area contributed by atoms with E-state index in [1.807, 2.05) is 6.07 Å². The van der Waals surface area contributed by atoms with E-state index >= 15 is 0 Å². The van der Waals surface area contributed by atoms with Crippen molar-refractivity contribution in [2.75, 3.05) is 27.9 Å².